The van der Waals surface area contributed by atoms with Crippen LogP contribution in [-0.2, 0) is 13.0 Å². The Morgan fingerprint density at radius 3 is 2.41 bits per heavy atom. The molecule has 2 heterocycles. The molecular weight excluding hydrogens is 364 g/mol. The summed E-state index contributed by atoms with van der Waals surface area (Å²) in [6, 6.07) is 16.4. The zero-order valence-corrected chi connectivity index (χ0v) is 17.1. The van der Waals surface area contributed by atoms with Crippen molar-refractivity contribution in [2.75, 3.05) is 37.1 Å². The Morgan fingerprint density at radius 2 is 1.72 bits per heavy atom. The Labute approximate surface area is 171 Å². The molecule has 29 heavy (non-hydrogen) atoms. The second-order valence-electron chi connectivity index (χ2n) is 6.94. The van der Waals surface area contributed by atoms with Crippen LogP contribution in [0.15, 0.2) is 54.7 Å². The average molecular weight is 390 g/mol. The Hall–Kier alpha value is -3.28. The number of hydrogen-bond acceptors (Lipinski definition) is 6. The van der Waals surface area contributed by atoms with Crippen molar-refractivity contribution in [3.8, 4) is 11.5 Å². The Bertz CT molecular complexity index is 978. The lowest BCUT2D eigenvalue weighted by Crippen LogP contribution is -2.31. The highest BCUT2D eigenvalue weighted by atomic mass is 16.5. The molecule has 0 unspecified atom stereocenters. The Balaban J connectivity index is 1.61. The number of hydrogen-bond donors (Lipinski definition) is 0. The van der Waals surface area contributed by atoms with Crippen molar-refractivity contribution in [3.05, 3.63) is 65.9 Å². The van der Waals surface area contributed by atoms with Crippen molar-refractivity contribution in [1.29, 1.82) is 0 Å². The van der Waals surface area contributed by atoms with E-state index in [4.69, 9.17) is 14.5 Å². The zero-order valence-electron chi connectivity index (χ0n) is 17.1. The van der Waals surface area contributed by atoms with Crippen molar-refractivity contribution in [3.63, 3.8) is 0 Å². The molecule has 0 saturated heterocycles. The van der Waals surface area contributed by atoms with Gasteiger partial charge in [0.05, 0.1) is 14.2 Å². The molecule has 0 N–H and O–H groups in total. The number of anilines is 3. The second-order valence-corrected chi connectivity index (χ2v) is 6.94. The summed E-state index contributed by atoms with van der Waals surface area (Å²) in [7, 11) is 3.35. The molecule has 0 atom stereocenters. The molecule has 3 aromatic rings. The van der Waals surface area contributed by atoms with Gasteiger partial charge in [0.15, 0.2) is 11.5 Å². The Morgan fingerprint density at radius 1 is 1.00 bits per heavy atom. The molecule has 4 rings (SSSR count). The maximum atomic E-state index is 5.48. The molecule has 0 saturated carbocycles. The van der Waals surface area contributed by atoms with Gasteiger partial charge in [0.1, 0.15) is 5.82 Å². The fourth-order valence-electron chi connectivity index (χ4n) is 3.77. The molecule has 0 aliphatic carbocycles. The molecule has 1 aliphatic heterocycles. The molecule has 0 radical (unpaired) electrons. The molecule has 1 aromatic heterocycles. The minimum Gasteiger partial charge on any atom is -0.493 e. The van der Waals surface area contributed by atoms with Gasteiger partial charge in [0, 0.05) is 31.5 Å². The third-order valence-corrected chi connectivity index (χ3v) is 5.30. The van der Waals surface area contributed by atoms with Gasteiger partial charge in [-0.05, 0) is 54.8 Å². The fraction of sp³-hybridized carbons (Fsp3) is 0.304. The Kier molecular flexibility index (Phi) is 5.51. The van der Waals surface area contributed by atoms with E-state index in [1.165, 1.54) is 11.1 Å². The van der Waals surface area contributed by atoms with E-state index in [1.54, 1.807) is 14.2 Å². The van der Waals surface area contributed by atoms with E-state index in [2.05, 4.69) is 46.0 Å². The van der Waals surface area contributed by atoms with Gasteiger partial charge < -0.3 is 19.3 Å². The van der Waals surface area contributed by atoms with E-state index in [-0.39, 0.29) is 0 Å². The molecule has 6 heteroatoms. The number of nitrogens with zero attached hydrogens (tertiary/aromatic N) is 4. The summed E-state index contributed by atoms with van der Waals surface area (Å²) in [6.45, 7) is 4.59. The first-order chi connectivity index (χ1) is 14.2. The van der Waals surface area contributed by atoms with Crippen LogP contribution in [-0.4, -0.2) is 37.3 Å². The summed E-state index contributed by atoms with van der Waals surface area (Å²) in [5, 5.41) is 0. The smallest absolute Gasteiger partial charge is 0.231 e. The fourth-order valence-corrected chi connectivity index (χ4v) is 3.77. The van der Waals surface area contributed by atoms with Crippen LogP contribution in [0.2, 0.25) is 0 Å². The quantitative estimate of drug-likeness (QED) is 0.628. The molecule has 2 aromatic carbocycles. The van der Waals surface area contributed by atoms with Crippen LogP contribution in [0.25, 0.3) is 0 Å². The van der Waals surface area contributed by atoms with E-state index in [0.29, 0.717) is 5.95 Å². The van der Waals surface area contributed by atoms with E-state index in [1.807, 2.05) is 30.5 Å². The molecule has 150 valence electrons. The molecule has 1 aliphatic rings. The first-order valence-electron chi connectivity index (χ1n) is 9.87. The number of rotatable bonds is 6. The predicted molar refractivity (Wildman–Crippen MR) is 115 cm³/mol. The van der Waals surface area contributed by atoms with Crippen molar-refractivity contribution >= 4 is 17.5 Å². The van der Waals surface area contributed by atoms with E-state index >= 15 is 0 Å². The highest BCUT2D eigenvalue weighted by Gasteiger charge is 2.21. The lowest BCUT2D eigenvalue weighted by Gasteiger charge is -2.31. The first kappa shape index (κ1) is 19.1. The second kappa shape index (κ2) is 8.39. The number of fused-ring (bicyclic) bond motifs is 1. The lowest BCUT2D eigenvalue weighted by molar-refractivity contribution is 0.353. The average Bonchev–Trinajstić information content (AvgIpc) is 2.79. The van der Waals surface area contributed by atoms with Gasteiger partial charge in [0.2, 0.25) is 5.95 Å². The van der Waals surface area contributed by atoms with E-state index in [0.717, 1.165) is 49.1 Å². The monoisotopic (exact) mass is 390 g/mol. The normalized spacial score (nSPS) is 13.0. The minimum absolute atomic E-state index is 0.717. The maximum Gasteiger partial charge on any atom is 0.231 e. The highest BCUT2D eigenvalue weighted by molar-refractivity contribution is 5.59. The number of methoxy groups -OCH3 is 2. The van der Waals surface area contributed by atoms with Crippen LogP contribution in [0.4, 0.5) is 17.5 Å². The standard InChI is InChI=1S/C23H26N4O2/c1-4-27(19-8-6-5-7-9-19)23-24-12-10-22(25-23)26-13-11-17-14-20(28-2)21(29-3)15-18(17)16-26/h5-10,12,14-15H,4,11,13,16H2,1-3H3. The van der Waals surface area contributed by atoms with Crippen LogP contribution < -0.4 is 19.3 Å². The van der Waals surface area contributed by atoms with Gasteiger partial charge >= 0.3 is 0 Å². The van der Waals surface area contributed by atoms with Gasteiger partial charge in [0.25, 0.3) is 0 Å². The van der Waals surface area contributed by atoms with Crippen LogP contribution in [0, 0.1) is 0 Å². The third kappa shape index (κ3) is 3.83. The SMILES string of the molecule is CCN(c1ccccc1)c1nccc(N2CCc3cc(OC)c(OC)cc3C2)n1. The molecule has 0 spiro atoms. The van der Waals surface area contributed by atoms with Gasteiger partial charge in [-0.1, -0.05) is 18.2 Å². The summed E-state index contributed by atoms with van der Waals surface area (Å²) in [5.74, 6) is 3.20. The molecular formula is C23H26N4O2. The van der Waals surface area contributed by atoms with Crippen molar-refractivity contribution in [1.82, 2.24) is 9.97 Å². The van der Waals surface area contributed by atoms with Crippen LogP contribution >= 0.6 is 0 Å². The highest BCUT2D eigenvalue weighted by Crippen LogP contribution is 2.34. The maximum absolute atomic E-state index is 5.48. The van der Waals surface area contributed by atoms with Crippen molar-refractivity contribution in [2.45, 2.75) is 19.9 Å². The first-order valence-corrected chi connectivity index (χ1v) is 9.87. The topological polar surface area (TPSA) is 50.7 Å². The van der Waals surface area contributed by atoms with Crippen LogP contribution in [0.3, 0.4) is 0 Å². The van der Waals surface area contributed by atoms with E-state index in [9.17, 15) is 0 Å². The number of ether oxygens (including phenoxy) is 2. The number of para-hydroxylation sites is 1. The summed E-state index contributed by atoms with van der Waals surface area (Å²) < 4.78 is 10.9. The largest absolute Gasteiger partial charge is 0.493 e. The van der Waals surface area contributed by atoms with Crippen molar-refractivity contribution < 1.29 is 9.47 Å². The molecule has 6 nitrogen and oxygen atoms in total. The number of aromatic nitrogens is 2. The summed E-state index contributed by atoms with van der Waals surface area (Å²) in [5.41, 5.74) is 3.63. The molecule has 0 amide bonds. The summed E-state index contributed by atoms with van der Waals surface area (Å²) in [6.07, 6.45) is 2.78. The predicted octanol–water partition coefficient (Wildman–Crippen LogP) is 4.21. The van der Waals surface area contributed by atoms with Crippen LogP contribution in [0.1, 0.15) is 18.1 Å². The summed E-state index contributed by atoms with van der Waals surface area (Å²) in [4.78, 5) is 13.8. The lowest BCUT2D eigenvalue weighted by atomic mass is 9.99. The van der Waals surface area contributed by atoms with Crippen LogP contribution in [0.5, 0.6) is 11.5 Å². The van der Waals surface area contributed by atoms with Crippen molar-refractivity contribution in [2.24, 2.45) is 0 Å². The third-order valence-electron chi connectivity index (χ3n) is 5.30. The molecule has 0 fully saturated rings. The molecule has 0 bridgehead atoms. The van der Waals surface area contributed by atoms with Gasteiger partial charge in [-0.2, -0.15) is 4.98 Å². The van der Waals surface area contributed by atoms with E-state index < -0.39 is 0 Å². The zero-order chi connectivity index (χ0) is 20.2. The van der Waals surface area contributed by atoms with Gasteiger partial charge in [-0.15, -0.1) is 0 Å². The summed E-state index contributed by atoms with van der Waals surface area (Å²) >= 11 is 0. The number of benzene rings is 2. The minimum atomic E-state index is 0.717. The van der Waals surface area contributed by atoms with Gasteiger partial charge in [-0.3, -0.25) is 0 Å². The van der Waals surface area contributed by atoms with Gasteiger partial charge in [-0.25, -0.2) is 4.98 Å².